The molecule has 2 aliphatic rings. The Hall–Kier alpha value is -2.62. The van der Waals surface area contributed by atoms with Gasteiger partial charge in [-0.1, -0.05) is 62.3 Å². The predicted molar refractivity (Wildman–Crippen MR) is 160 cm³/mol. The summed E-state index contributed by atoms with van der Waals surface area (Å²) in [6.45, 7) is 7.85. The van der Waals surface area contributed by atoms with Crippen molar-refractivity contribution >= 4 is 31.7 Å². The maximum atomic E-state index is 12.6. The van der Waals surface area contributed by atoms with Crippen LogP contribution in [0.25, 0.3) is 0 Å². The van der Waals surface area contributed by atoms with Crippen LogP contribution in [0, 0.1) is 0 Å². The molecule has 0 saturated carbocycles. The number of amides is 4. The van der Waals surface area contributed by atoms with E-state index in [9.17, 15) is 19.2 Å². The number of unbranched alkanes of at least 4 members (excludes halogenated alkanes) is 3. The van der Waals surface area contributed by atoms with Gasteiger partial charge in [-0.25, -0.2) is 0 Å². The molecule has 0 fully saturated rings. The molecule has 2 aliphatic heterocycles. The van der Waals surface area contributed by atoms with E-state index in [1.807, 2.05) is 12.1 Å². The summed E-state index contributed by atoms with van der Waals surface area (Å²) in [5.41, 5.74) is 2.12. The first-order chi connectivity index (χ1) is 19.0. The lowest BCUT2D eigenvalue weighted by molar-refractivity contribution is -0.890. The van der Waals surface area contributed by atoms with Gasteiger partial charge in [0.25, 0.3) is 23.6 Å². The molecule has 4 rings (SSSR count). The standard InChI is InChI=1S/C32H44N3O4Si.BrH/c1-35(2,22-13-19-33-29(36)25-15-7-8-16-26(25)30(33)37)21-11-5-6-12-23-40(3,4)24-14-20-34-31(38)27-17-9-10-18-28(27)32(34)39;/h7-10,15-18H,5-6,11-14,19-24H2,1-4H3;1H/q+1;/p-1. The van der Waals surface area contributed by atoms with Gasteiger partial charge < -0.3 is 21.5 Å². The van der Waals surface area contributed by atoms with Crippen molar-refractivity contribution in [3.05, 3.63) is 70.8 Å². The van der Waals surface area contributed by atoms with Gasteiger partial charge in [-0.2, -0.15) is 0 Å². The highest BCUT2D eigenvalue weighted by Gasteiger charge is 2.36. The second-order valence-electron chi connectivity index (χ2n) is 12.8. The molecule has 2 heterocycles. The van der Waals surface area contributed by atoms with E-state index in [1.54, 1.807) is 36.4 Å². The first-order valence-corrected chi connectivity index (χ1v) is 18.1. The van der Waals surface area contributed by atoms with Crippen LogP contribution >= 0.6 is 0 Å². The minimum Gasteiger partial charge on any atom is -1.00 e. The highest BCUT2D eigenvalue weighted by molar-refractivity contribution is 6.77. The summed E-state index contributed by atoms with van der Waals surface area (Å²) in [6.07, 6.45) is 6.53. The van der Waals surface area contributed by atoms with Crippen molar-refractivity contribution in [2.75, 3.05) is 40.3 Å². The number of quaternary nitrogens is 1. The average Bonchev–Trinajstić information content (AvgIpc) is 3.31. The highest BCUT2D eigenvalue weighted by Crippen LogP contribution is 2.26. The fourth-order valence-electron chi connectivity index (χ4n) is 5.99. The Labute approximate surface area is 256 Å². The first kappa shape index (κ1) is 32.9. The van der Waals surface area contributed by atoms with Crippen LogP contribution in [0.4, 0.5) is 0 Å². The summed E-state index contributed by atoms with van der Waals surface area (Å²) in [6, 6.07) is 16.6. The lowest BCUT2D eigenvalue weighted by Crippen LogP contribution is -3.00. The van der Waals surface area contributed by atoms with E-state index >= 15 is 0 Å². The number of carbonyl (C=O) groups is 4. The number of rotatable bonds is 15. The Kier molecular flexibility index (Phi) is 11.3. The van der Waals surface area contributed by atoms with Crippen LogP contribution in [0.2, 0.25) is 25.2 Å². The van der Waals surface area contributed by atoms with Gasteiger partial charge in [-0.05, 0) is 43.5 Å². The van der Waals surface area contributed by atoms with Crippen LogP contribution in [0.15, 0.2) is 48.5 Å². The van der Waals surface area contributed by atoms with Crippen LogP contribution in [0.1, 0.15) is 80.0 Å². The van der Waals surface area contributed by atoms with Gasteiger partial charge in [0.05, 0.1) is 49.4 Å². The van der Waals surface area contributed by atoms with Crippen molar-refractivity contribution in [3.63, 3.8) is 0 Å². The minimum absolute atomic E-state index is 0. The molecule has 2 aromatic rings. The third-order valence-corrected chi connectivity index (χ3v) is 11.9. The smallest absolute Gasteiger partial charge is 0.261 e. The molecular weight excluding hydrogens is 598 g/mol. The van der Waals surface area contributed by atoms with E-state index in [0.717, 1.165) is 36.5 Å². The van der Waals surface area contributed by atoms with Crippen molar-refractivity contribution in [1.82, 2.24) is 9.80 Å². The van der Waals surface area contributed by atoms with Gasteiger partial charge >= 0.3 is 0 Å². The van der Waals surface area contributed by atoms with E-state index in [1.165, 1.54) is 41.5 Å². The molecule has 0 N–H and O–H groups in total. The molecule has 0 unspecified atom stereocenters. The molecule has 0 bridgehead atoms. The van der Waals surface area contributed by atoms with Crippen molar-refractivity contribution in [2.24, 2.45) is 0 Å². The van der Waals surface area contributed by atoms with Crippen LogP contribution in [0.3, 0.4) is 0 Å². The average molecular weight is 643 g/mol. The number of benzene rings is 2. The van der Waals surface area contributed by atoms with Crippen molar-refractivity contribution in [1.29, 1.82) is 0 Å². The third kappa shape index (κ3) is 8.02. The van der Waals surface area contributed by atoms with Crippen molar-refractivity contribution in [2.45, 2.75) is 63.7 Å². The van der Waals surface area contributed by atoms with E-state index in [0.29, 0.717) is 35.3 Å². The summed E-state index contributed by atoms with van der Waals surface area (Å²) in [5, 5.41) is 0. The molecule has 0 atom stereocenters. The van der Waals surface area contributed by atoms with Crippen LogP contribution in [0.5, 0.6) is 0 Å². The SMILES string of the molecule is C[N+](C)(CCCCCC[Si](C)(C)CCCN1C(=O)c2ccccc2C1=O)CCCN1C(=O)c2ccccc2C1=O.[Br-]. The van der Waals surface area contributed by atoms with Gasteiger partial charge in [0, 0.05) is 27.6 Å². The quantitative estimate of drug-likeness (QED) is 0.130. The summed E-state index contributed by atoms with van der Waals surface area (Å²) < 4.78 is 0.890. The molecule has 0 saturated heterocycles. The normalized spacial score (nSPS) is 14.9. The Morgan fingerprint density at radius 2 is 0.927 bits per heavy atom. The second kappa shape index (κ2) is 14.0. The van der Waals surface area contributed by atoms with Crippen molar-refractivity contribution < 1.29 is 40.6 Å². The number of fused-ring (bicyclic) bond motifs is 2. The van der Waals surface area contributed by atoms with E-state index < -0.39 is 8.07 Å². The summed E-state index contributed by atoms with van der Waals surface area (Å²) >= 11 is 0. The number of hydrogen-bond acceptors (Lipinski definition) is 4. The Bertz CT molecular complexity index is 1110. The zero-order chi connectivity index (χ0) is 28.9. The van der Waals surface area contributed by atoms with Gasteiger partial charge in [0.15, 0.2) is 0 Å². The van der Waals surface area contributed by atoms with Gasteiger partial charge in [-0.3, -0.25) is 29.0 Å². The molecule has 9 heteroatoms. The second-order valence-corrected chi connectivity index (χ2v) is 18.1. The van der Waals surface area contributed by atoms with E-state index in [-0.39, 0.29) is 40.6 Å². The Morgan fingerprint density at radius 3 is 1.39 bits per heavy atom. The fourth-order valence-corrected chi connectivity index (χ4v) is 8.56. The molecule has 41 heavy (non-hydrogen) atoms. The summed E-state index contributed by atoms with van der Waals surface area (Å²) in [5.74, 6) is -0.628. The minimum atomic E-state index is -1.37. The largest absolute Gasteiger partial charge is 1.00 e. The van der Waals surface area contributed by atoms with Gasteiger partial charge in [0.1, 0.15) is 0 Å². The number of nitrogens with zero attached hydrogens (tertiary/aromatic N) is 3. The zero-order valence-electron chi connectivity index (χ0n) is 25.0. The van der Waals surface area contributed by atoms with Crippen molar-refractivity contribution in [3.8, 4) is 0 Å². The molecule has 0 aliphatic carbocycles. The molecule has 4 amide bonds. The number of carbonyl (C=O) groups excluding carboxylic acids is 4. The third-order valence-electron chi connectivity index (χ3n) is 8.50. The number of hydrogen-bond donors (Lipinski definition) is 0. The molecule has 0 spiro atoms. The van der Waals surface area contributed by atoms with E-state index in [2.05, 4.69) is 27.2 Å². The molecule has 0 aromatic heterocycles. The lowest BCUT2D eigenvalue weighted by atomic mass is 10.1. The van der Waals surface area contributed by atoms with Crippen LogP contribution in [-0.4, -0.2) is 86.3 Å². The van der Waals surface area contributed by atoms with Gasteiger partial charge in [-0.15, -0.1) is 0 Å². The van der Waals surface area contributed by atoms with Crippen LogP contribution in [-0.2, 0) is 0 Å². The molecule has 222 valence electrons. The highest BCUT2D eigenvalue weighted by atomic mass is 79.9. The lowest BCUT2D eigenvalue weighted by Gasteiger charge is -2.30. The molecule has 0 radical (unpaired) electrons. The topological polar surface area (TPSA) is 74.8 Å². The summed E-state index contributed by atoms with van der Waals surface area (Å²) in [7, 11) is 3.08. The number of halogens is 1. The molecule has 7 nitrogen and oxygen atoms in total. The number of imide groups is 2. The van der Waals surface area contributed by atoms with E-state index in [4.69, 9.17) is 0 Å². The fraction of sp³-hybridized carbons (Fsp3) is 0.500. The monoisotopic (exact) mass is 641 g/mol. The maximum absolute atomic E-state index is 12.6. The summed E-state index contributed by atoms with van der Waals surface area (Å²) in [4.78, 5) is 53.1. The van der Waals surface area contributed by atoms with Gasteiger partial charge in [0.2, 0.25) is 0 Å². The molecule has 2 aromatic carbocycles. The Balaban J connectivity index is 0.00000462. The Morgan fingerprint density at radius 1 is 0.561 bits per heavy atom. The molecular formula is C32H44BrN3O4Si. The maximum Gasteiger partial charge on any atom is 0.261 e. The predicted octanol–water partition coefficient (Wildman–Crippen LogP) is 2.71. The zero-order valence-corrected chi connectivity index (χ0v) is 27.5. The van der Waals surface area contributed by atoms with Crippen LogP contribution < -0.4 is 17.0 Å². The first-order valence-electron chi connectivity index (χ1n) is 14.7.